The molecule has 0 unspecified atom stereocenters. The minimum Gasteiger partial charge on any atom is -0.392 e. The zero-order chi connectivity index (χ0) is 10.7. The molecule has 3 heteroatoms. The Kier molecular flexibility index (Phi) is 2.74. The van der Waals surface area contributed by atoms with Crippen LogP contribution in [0.3, 0.4) is 0 Å². The van der Waals surface area contributed by atoms with Crippen molar-refractivity contribution in [1.29, 1.82) is 0 Å². The van der Waals surface area contributed by atoms with Crippen LogP contribution in [0.5, 0.6) is 0 Å². The van der Waals surface area contributed by atoms with E-state index in [-0.39, 0.29) is 12.4 Å². The van der Waals surface area contributed by atoms with Crippen molar-refractivity contribution in [1.82, 2.24) is 4.98 Å². The van der Waals surface area contributed by atoms with Gasteiger partial charge in [-0.15, -0.1) is 0 Å². The summed E-state index contributed by atoms with van der Waals surface area (Å²) in [6.07, 6.45) is 3.24. The van der Waals surface area contributed by atoms with Gasteiger partial charge in [0.1, 0.15) is 5.82 Å². The van der Waals surface area contributed by atoms with Crippen molar-refractivity contribution in [3.05, 3.63) is 54.1 Å². The van der Waals surface area contributed by atoms with Crippen LogP contribution in [0.15, 0.2) is 42.7 Å². The Morgan fingerprint density at radius 1 is 1.13 bits per heavy atom. The van der Waals surface area contributed by atoms with Crippen molar-refractivity contribution in [2.24, 2.45) is 0 Å². The van der Waals surface area contributed by atoms with E-state index in [1.165, 1.54) is 6.07 Å². The quantitative estimate of drug-likeness (QED) is 0.812. The van der Waals surface area contributed by atoms with Crippen LogP contribution >= 0.6 is 0 Å². The molecule has 0 atom stereocenters. The minimum atomic E-state index is -0.326. The summed E-state index contributed by atoms with van der Waals surface area (Å²) in [4.78, 5) is 3.87. The minimum absolute atomic E-state index is 0.145. The average Bonchev–Trinajstić information content (AvgIpc) is 2.30. The molecule has 0 saturated heterocycles. The van der Waals surface area contributed by atoms with Crippen molar-refractivity contribution < 1.29 is 9.50 Å². The number of halogens is 1. The molecule has 2 rings (SSSR count). The molecule has 0 aliphatic carbocycles. The summed E-state index contributed by atoms with van der Waals surface area (Å²) in [7, 11) is 0. The summed E-state index contributed by atoms with van der Waals surface area (Å²) in [5.74, 6) is -0.326. The Balaban J connectivity index is 2.46. The molecule has 0 bridgehead atoms. The van der Waals surface area contributed by atoms with Gasteiger partial charge in [0.2, 0.25) is 0 Å². The van der Waals surface area contributed by atoms with Gasteiger partial charge in [0.05, 0.1) is 6.61 Å². The number of hydrogen-bond donors (Lipinski definition) is 1. The van der Waals surface area contributed by atoms with Gasteiger partial charge in [0.25, 0.3) is 0 Å². The molecule has 76 valence electrons. The lowest BCUT2D eigenvalue weighted by atomic mass is 10.0. The van der Waals surface area contributed by atoms with E-state index in [4.69, 9.17) is 5.11 Å². The second-order valence-electron chi connectivity index (χ2n) is 3.21. The van der Waals surface area contributed by atoms with Crippen molar-refractivity contribution in [3.8, 4) is 11.1 Å². The molecule has 0 radical (unpaired) electrons. The Bertz CT molecular complexity index is 456. The maximum Gasteiger partial charge on any atom is 0.131 e. The summed E-state index contributed by atoms with van der Waals surface area (Å²) in [6, 6.07) is 8.21. The largest absolute Gasteiger partial charge is 0.392 e. The van der Waals surface area contributed by atoms with E-state index in [1.54, 1.807) is 36.7 Å². The molecule has 2 aromatic rings. The van der Waals surface area contributed by atoms with Gasteiger partial charge < -0.3 is 5.11 Å². The smallest absolute Gasteiger partial charge is 0.131 e. The van der Waals surface area contributed by atoms with Crippen LogP contribution in [0.25, 0.3) is 11.1 Å². The Hall–Kier alpha value is -1.74. The number of pyridine rings is 1. The van der Waals surface area contributed by atoms with E-state index < -0.39 is 0 Å². The van der Waals surface area contributed by atoms with Crippen LogP contribution in [-0.4, -0.2) is 10.1 Å². The average molecular weight is 203 g/mol. The molecule has 2 nitrogen and oxygen atoms in total. The van der Waals surface area contributed by atoms with Crippen molar-refractivity contribution in [2.45, 2.75) is 6.61 Å². The highest BCUT2D eigenvalue weighted by Gasteiger charge is 2.04. The van der Waals surface area contributed by atoms with Crippen LogP contribution in [-0.2, 0) is 6.61 Å². The predicted molar refractivity (Wildman–Crippen MR) is 55.6 cm³/mol. The lowest BCUT2D eigenvalue weighted by Crippen LogP contribution is -1.89. The zero-order valence-electron chi connectivity index (χ0n) is 8.02. The zero-order valence-corrected chi connectivity index (χ0v) is 8.02. The number of aromatic nitrogens is 1. The summed E-state index contributed by atoms with van der Waals surface area (Å²) in [5.41, 5.74) is 1.88. The van der Waals surface area contributed by atoms with E-state index >= 15 is 0 Å². The van der Waals surface area contributed by atoms with Crippen LogP contribution < -0.4 is 0 Å². The highest BCUT2D eigenvalue weighted by molar-refractivity contribution is 5.63. The first-order valence-corrected chi connectivity index (χ1v) is 4.61. The number of hydrogen-bond acceptors (Lipinski definition) is 2. The Labute approximate surface area is 87.0 Å². The fourth-order valence-electron chi connectivity index (χ4n) is 1.42. The third kappa shape index (κ3) is 2.02. The van der Waals surface area contributed by atoms with E-state index in [2.05, 4.69) is 4.98 Å². The lowest BCUT2D eigenvalue weighted by molar-refractivity contribution is 0.281. The number of nitrogens with zero attached hydrogens (tertiary/aromatic N) is 1. The molecule has 0 aliphatic rings. The molecule has 1 heterocycles. The van der Waals surface area contributed by atoms with E-state index in [0.29, 0.717) is 11.1 Å². The molecular formula is C12H10FNO. The van der Waals surface area contributed by atoms with Gasteiger partial charge in [-0.3, -0.25) is 4.98 Å². The molecule has 1 N–H and O–H groups in total. The van der Waals surface area contributed by atoms with Gasteiger partial charge in [0.15, 0.2) is 0 Å². The fraction of sp³-hybridized carbons (Fsp3) is 0.0833. The molecule has 0 spiro atoms. The van der Waals surface area contributed by atoms with Gasteiger partial charge in [-0.05, 0) is 29.3 Å². The van der Waals surface area contributed by atoms with Crippen LogP contribution in [0.4, 0.5) is 4.39 Å². The molecule has 0 amide bonds. The summed E-state index contributed by atoms with van der Waals surface area (Å²) >= 11 is 0. The first-order valence-electron chi connectivity index (χ1n) is 4.61. The lowest BCUT2D eigenvalue weighted by Gasteiger charge is -2.04. The maximum atomic E-state index is 13.6. The molecule has 15 heavy (non-hydrogen) atoms. The van der Waals surface area contributed by atoms with Crippen LogP contribution in [0.1, 0.15) is 5.56 Å². The molecule has 0 saturated carbocycles. The number of benzene rings is 1. The molecule has 1 aromatic carbocycles. The monoisotopic (exact) mass is 203 g/mol. The molecular weight excluding hydrogens is 193 g/mol. The molecule has 0 aliphatic heterocycles. The number of aliphatic hydroxyl groups is 1. The topological polar surface area (TPSA) is 33.1 Å². The van der Waals surface area contributed by atoms with E-state index in [0.717, 1.165) is 5.56 Å². The van der Waals surface area contributed by atoms with Gasteiger partial charge in [0, 0.05) is 18.0 Å². The molecule has 1 aromatic heterocycles. The van der Waals surface area contributed by atoms with Gasteiger partial charge in [-0.25, -0.2) is 4.39 Å². The Morgan fingerprint density at radius 3 is 2.47 bits per heavy atom. The second-order valence-corrected chi connectivity index (χ2v) is 3.21. The number of rotatable bonds is 2. The summed E-state index contributed by atoms with van der Waals surface area (Å²) in [5, 5.41) is 8.85. The third-order valence-corrected chi connectivity index (χ3v) is 2.21. The Morgan fingerprint density at radius 2 is 1.87 bits per heavy atom. The standard InChI is InChI=1S/C12H10FNO/c13-12-7-9(8-15)1-2-11(12)10-3-5-14-6-4-10/h1-7,15H,8H2. The highest BCUT2D eigenvalue weighted by Crippen LogP contribution is 2.22. The predicted octanol–water partition coefficient (Wildman–Crippen LogP) is 2.38. The van der Waals surface area contributed by atoms with Crippen molar-refractivity contribution in [3.63, 3.8) is 0 Å². The van der Waals surface area contributed by atoms with Gasteiger partial charge in [-0.1, -0.05) is 12.1 Å². The van der Waals surface area contributed by atoms with Crippen LogP contribution in [0.2, 0.25) is 0 Å². The first kappa shape index (κ1) is 9.80. The second kappa shape index (κ2) is 4.19. The highest BCUT2D eigenvalue weighted by atomic mass is 19.1. The summed E-state index contributed by atoms with van der Waals surface area (Å²) < 4.78 is 13.6. The first-order chi connectivity index (χ1) is 7.31. The third-order valence-electron chi connectivity index (χ3n) is 2.21. The van der Waals surface area contributed by atoms with Gasteiger partial charge in [-0.2, -0.15) is 0 Å². The van der Waals surface area contributed by atoms with Crippen molar-refractivity contribution in [2.75, 3.05) is 0 Å². The maximum absolute atomic E-state index is 13.6. The van der Waals surface area contributed by atoms with E-state index in [1.807, 2.05) is 0 Å². The van der Waals surface area contributed by atoms with Crippen LogP contribution in [0, 0.1) is 5.82 Å². The fourth-order valence-corrected chi connectivity index (χ4v) is 1.42. The SMILES string of the molecule is OCc1ccc(-c2ccncc2)c(F)c1. The number of aliphatic hydroxyl groups excluding tert-OH is 1. The van der Waals surface area contributed by atoms with E-state index in [9.17, 15) is 4.39 Å². The normalized spacial score (nSPS) is 10.3. The van der Waals surface area contributed by atoms with Crippen molar-refractivity contribution >= 4 is 0 Å². The van der Waals surface area contributed by atoms with Gasteiger partial charge >= 0.3 is 0 Å². The summed E-state index contributed by atoms with van der Waals surface area (Å²) in [6.45, 7) is -0.145. The molecule has 0 fully saturated rings.